The van der Waals surface area contributed by atoms with Gasteiger partial charge in [-0.1, -0.05) is 0 Å². The van der Waals surface area contributed by atoms with Gasteiger partial charge in [-0.15, -0.1) is 5.10 Å². The Balaban J connectivity index is 1.33. The summed E-state index contributed by atoms with van der Waals surface area (Å²) in [5, 5.41) is 8.49. The van der Waals surface area contributed by atoms with Crippen LogP contribution in [0, 0.1) is 0 Å². The first kappa shape index (κ1) is 18.2. The summed E-state index contributed by atoms with van der Waals surface area (Å²) in [5.74, 6) is 2.20. The van der Waals surface area contributed by atoms with Gasteiger partial charge < -0.3 is 19.4 Å². The Kier molecular flexibility index (Phi) is 4.26. The first-order valence-electron chi connectivity index (χ1n) is 10.7. The van der Waals surface area contributed by atoms with Crippen LogP contribution in [0.1, 0.15) is 25.7 Å². The molecule has 158 valence electrons. The number of aromatic nitrogens is 4. The quantitative estimate of drug-likeness (QED) is 0.532. The number of hydrogen-bond donors (Lipinski definition) is 1. The molecule has 1 unspecified atom stereocenters. The Morgan fingerprint density at radius 1 is 1.19 bits per heavy atom. The monoisotopic (exact) mass is 418 g/mol. The van der Waals surface area contributed by atoms with Gasteiger partial charge in [-0.05, 0) is 37.5 Å². The molecule has 0 radical (unpaired) electrons. The van der Waals surface area contributed by atoms with E-state index in [0.29, 0.717) is 30.3 Å². The highest BCUT2D eigenvalue weighted by Gasteiger charge is 2.22. The summed E-state index contributed by atoms with van der Waals surface area (Å²) in [7, 11) is 0. The van der Waals surface area contributed by atoms with Gasteiger partial charge in [-0.25, -0.2) is 14.5 Å². The number of rotatable bonds is 5. The van der Waals surface area contributed by atoms with Gasteiger partial charge in [0, 0.05) is 31.8 Å². The third-order valence-corrected chi connectivity index (χ3v) is 5.94. The molecule has 0 spiro atoms. The minimum Gasteiger partial charge on any atom is -0.474 e. The molecule has 0 bridgehead atoms. The van der Waals surface area contributed by atoms with Crippen LogP contribution in [0.3, 0.4) is 0 Å². The number of nitrogens with zero attached hydrogens (tertiary/aromatic N) is 5. The summed E-state index contributed by atoms with van der Waals surface area (Å²) < 4.78 is 13.7. The first-order chi connectivity index (χ1) is 15.2. The zero-order valence-corrected chi connectivity index (χ0v) is 17.0. The Labute approximate surface area is 178 Å². The molecule has 31 heavy (non-hydrogen) atoms. The number of furan rings is 1. The Hall–Kier alpha value is -3.62. The summed E-state index contributed by atoms with van der Waals surface area (Å²) in [5.41, 5.74) is 2.25. The van der Waals surface area contributed by atoms with Gasteiger partial charge in [0.25, 0.3) is 0 Å². The van der Waals surface area contributed by atoms with E-state index in [1.165, 1.54) is 12.8 Å². The van der Waals surface area contributed by atoms with Crippen molar-refractivity contribution in [3.63, 3.8) is 0 Å². The van der Waals surface area contributed by atoms with Gasteiger partial charge in [-0.3, -0.25) is 4.79 Å². The normalized spacial score (nSPS) is 18.9. The fourth-order valence-electron chi connectivity index (χ4n) is 4.35. The van der Waals surface area contributed by atoms with Crippen molar-refractivity contribution in [3.05, 3.63) is 36.7 Å². The first-order valence-corrected chi connectivity index (χ1v) is 10.7. The topological polar surface area (TPSA) is 97.8 Å². The number of pyridine rings is 1. The minimum absolute atomic E-state index is 0.0270. The van der Waals surface area contributed by atoms with E-state index in [9.17, 15) is 4.79 Å². The molecule has 2 saturated heterocycles. The van der Waals surface area contributed by atoms with Gasteiger partial charge in [0.05, 0.1) is 17.6 Å². The largest absolute Gasteiger partial charge is 0.474 e. The standard InChI is InChI=1S/C22H22N6O3/c29-20-5-3-14(25-20)13-30-21-6-4-19-24-12-16(28(19)26-21)18-11-15-17(31-18)7-8-23-22(15)27-9-1-2-10-27/h4,6-8,11-12,14H,1-3,5,9-10,13H2,(H,25,29). The van der Waals surface area contributed by atoms with Gasteiger partial charge >= 0.3 is 0 Å². The van der Waals surface area contributed by atoms with Crippen LogP contribution in [-0.4, -0.2) is 51.2 Å². The van der Waals surface area contributed by atoms with E-state index in [-0.39, 0.29) is 11.9 Å². The molecular formula is C22H22N6O3. The molecule has 6 rings (SSSR count). The van der Waals surface area contributed by atoms with Crippen molar-refractivity contribution in [2.24, 2.45) is 0 Å². The van der Waals surface area contributed by atoms with Gasteiger partial charge in [-0.2, -0.15) is 0 Å². The number of carbonyl (C=O) groups is 1. The van der Waals surface area contributed by atoms with Crippen molar-refractivity contribution in [2.45, 2.75) is 31.7 Å². The maximum atomic E-state index is 11.4. The molecule has 1 atom stereocenters. The second kappa shape index (κ2) is 7.26. The van der Waals surface area contributed by atoms with Crippen LogP contribution in [0.2, 0.25) is 0 Å². The Morgan fingerprint density at radius 2 is 2.10 bits per heavy atom. The number of fused-ring (bicyclic) bond motifs is 2. The lowest BCUT2D eigenvalue weighted by atomic mass is 10.2. The smallest absolute Gasteiger partial charge is 0.231 e. The second-order valence-corrected chi connectivity index (χ2v) is 8.05. The summed E-state index contributed by atoms with van der Waals surface area (Å²) in [6.07, 6.45) is 7.25. The molecule has 1 N–H and O–H groups in total. The van der Waals surface area contributed by atoms with Crippen molar-refractivity contribution in [1.29, 1.82) is 0 Å². The fourth-order valence-corrected chi connectivity index (χ4v) is 4.35. The molecular weight excluding hydrogens is 396 g/mol. The number of hydrogen-bond acceptors (Lipinski definition) is 7. The zero-order valence-electron chi connectivity index (χ0n) is 17.0. The van der Waals surface area contributed by atoms with Gasteiger partial charge in [0.1, 0.15) is 23.7 Å². The van der Waals surface area contributed by atoms with Gasteiger partial charge in [0.2, 0.25) is 11.8 Å². The van der Waals surface area contributed by atoms with Crippen LogP contribution in [0.25, 0.3) is 28.1 Å². The number of anilines is 1. The third-order valence-electron chi connectivity index (χ3n) is 5.94. The van der Waals surface area contributed by atoms with Crippen LogP contribution >= 0.6 is 0 Å². The maximum absolute atomic E-state index is 11.4. The summed E-state index contributed by atoms with van der Waals surface area (Å²) in [6, 6.07) is 7.58. The summed E-state index contributed by atoms with van der Waals surface area (Å²) >= 11 is 0. The zero-order chi connectivity index (χ0) is 20.8. The maximum Gasteiger partial charge on any atom is 0.231 e. The predicted octanol–water partition coefficient (Wildman–Crippen LogP) is 2.80. The van der Waals surface area contributed by atoms with E-state index < -0.39 is 0 Å². The average molecular weight is 418 g/mol. The molecule has 0 saturated carbocycles. The van der Waals surface area contributed by atoms with Crippen molar-refractivity contribution >= 4 is 28.3 Å². The lowest BCUT2D eigenvalue weighted by Gasteiger charge is -2.16. The number of imidazole rings is 1. The molecule has 4 aromatic rings. The van der Waals surface area contributed by atoms with Gasteiger partial charge in [0.15, 0.2) is 11.4 Å². The number of carbonyl (C=O) groups excluding carboxylic acids is 1. The van der Waals surface area contributed by atoms with Crippen LogP contribution in [-0.2, 0) is 4.79 Å². The molecule has 9 nitrogen and oxygen atoms in total. The molecule has 0 aliphatic carbocycles. The minimum atomic E-state index is 0.0270. The number of amides is 1. The van der Waals surface area contributed by atoms with E-state index >= 15 is 0 Å². The molecule has 0 aromatic carbocycles. The van der Waals surface area contributed by atoms with E-state index in [2.05, 4.69) is 25.3 Å². The highest BCUT2D eigenvalue weighted by molar-refractivity contribution is 5.92. The fraction of sp³-hybridized carbons (Fsp3) is 0.364. The highest BCUT2D eigenvalue weighted by Crippen LogP contribution is 2.34. The Bertz CT molecular complexity index is 1270. The third kappa shape index (κ3) is 3.26. The lowest BCUT2D eigenvalue weighted by molar-refractivity contribution is -0.119. The lowest BCUT2D eigenvalue weighted by Crippen LogP contribution is -2.31. The van der Waals surface area contributed by atoms with Crippen LogP contribution in [0.5, 0.6) is 5.88 Å². The molecule has 2 aliphatic rings. The van der Waals surface area contributed by atoms with Crippen molar-refractivity contribution in [3.8, 4) is 17.3 Å². The van der Waals surface area contributed by atoms with Crippen molar-refractivity contribution < 1.29 is 13.9 Å². The molecule has 2 fully saturated rings. The van der Waals surface area contributed by atoms with Crippen LogP contribution in [0.4, 0.5) is 5.82 Å². The van der Waals surface area contributed by atoms with Crippen molar-refractivity contribution in [1.82, 2.24) is 24.9 Å². The predicted molar refractivity (Wildman–Crippen MR) is 114 cm³/mol. The van der Waals surface area contributed by atoms with Crippen LogP contribution in [0.15, 0.2) is 41.1 Å². The molecule has 2 aliphatic heterocycles. The van der Waals surface area contributed by atoms with E-state index in [1.807, 2.05) is 18.2 Å². The average Bonchev–Trinajstić information content (AvgIpc) is 3.57. The van der Waals surface area contributed by atoms with E-state index in [4.69, 9.17) is 9.15 Å². The molecule has 4 aromatic heterocycles. The second-order valence-electron chi connectivity index (χ2n) is 8.05. The molecule has 9 heteroatoms. The highest BCUT2D eigenvalue weighted by atomic mass is 16.5. The summed E-state index contributed by atoms with van der Waals surface area (Å²) in [4.78, 5) is 22.7. The number of ether oxygens (including phenoxy) is 1. The SMILES string of the molecule is O=C1CCC(COc2ccc3ncc(-c4cc5c(N6CCCC6)nccc5o4)n3n2)N1. The van der Waals surface area contributed by atoms with E-state index in [1.54, 1.807) is 23.0 Å². The Morgan fingerprint density at radius 3 is 2.94 bits per heavy atom. The number of nitrogens with one attached hydrogen (secondary N) is 1. The summed E-state index contributed by atoms with van der Waals surface area (Å²) in [6.45, 7) is 2.43. The molecule has 1 amide bonds. The van der Waals surface area contributed by atoms with Crippen molar-refractivity contribution in [2.75, 3.05) is 24.6 Å². The molecule has 6 heterocycles. The van der Waals surface area contributed by atoms with Crippen LogP contribution < -0.4 is 15.0 Å². The van der Waals surface area contributed by atoms with E-state index in [0.717, 1.165) is 42.0 Å².